The van der Waals surface area contributed by atoms with Gasteiger partial charge in [-0.3, -0.25) is 19.9 Å². The predicted octanol–water partition coefficient (Wildman–Crippen LogP) is 1.48. The molecule has 0 saturated heterocycles. The summed E-state index contributed by atoms with van der Waals surface area (Å²) < 4.78 is 26.3. The van der Waals surface area contributed by atoms with Crippen LogP contribution in [0.2, 0.25) is 0 Å². The molecule has 2 rings (SSSR count). The highest BCUT2D eigenvalue weighted by Gasteiger charge is 2.28. The molecule has 0 radical (unpaired) electrons. The van der Waals surface area contributed by atoms with Crippen molar-refractivity contribution in [3.63, 3.8) is 0 Å². The van der Waals surface area contributed by atoms with Gasteiger partial charge in [-0.2, -0.15) is 0 Å². The molecule has 2 aromatic rings. The summed E-state index contributed by atoms with van der Waals surface area (Å²) >= 11 is 0. The maximum Gasteiger partial charge on any atom is 0.307 e. The van der Waals surface area contributed by atoms with Crippen molar-refractivity contribution in [2.45, 2.75) is 11.8 Å². The van der Waals surface area contributed by atoms with Gasteiger partial charge in [-0.25, -0.2) is 12.7 Å². The SMILES string of the molecule is CC(CN(C)S(=O)(=O)c1ccc([N+](=O)[O-])c2cccnc12)C(=O)O. The molecular formula is C14H15N3O6S. The van der Waals surface area contributed by atoms with Crippen molar-refractivity contribution < 1.29 is 23.2 Å². The van der Waals surface area contributed by atoms with Crippen LogP contribution in [0.1, 0.15) is 6.92 Å². The third-order valence-electron chi connectivity index (χ3n) is 3.55. The Kier molecular flexibility index (Phi) is 4.81. The van der Waals surface area contributed by atoms with Gasteiger partial charge in [0.15, 0.2) is 0 Å². The highest BCUT2D eigenvalue weighted by atomic mass is 32.2. The van der Waals surface area contributed by atoms with E-state index in [-0.39, 0.29) is 28.0 Å². The molecule has 1 heterocycles. The molecule has 24 heavy (non-hydrogen) atoms. The second kappa shape index (κ2) is 6.49. The summed E-state index contributed by atoms with van der Waals surface area (Å²) in [7, 11) is -2.80. The Morgan fingerprint density at radius 3 is 2.67 bits per heavy atom. The average Bonchev–Trinajstić information content (AvgIpc) is 2.53. The van der Waals surface area contributed by atoms with Crippen molar-refractivity contribution in [2.75, 3.05) is 13.6 Å². The summed E-state index contributed by atoms with van der Waals surface area (Å²) in [5.41, 5.74) is -0.278. The maximum absolute atomic E-state index is 12.7. The fraction of sp³-hybridized carbons (Fsp3) is 0.286. The maximum atomic E-state index is 12.7. The van der Waals surface area contributed by atoms with E-state index in [2.05, 4.69) is 4.98 Å². The molecule has 0 amide bonds. The molecule has 9 nitrogen and oxygen atoms in total. The van der Waals surface area contributed by atoms with Crippen LogP contribution in [0.15, 0.2) is 35.4 Å². The van der Waals surface area contributed by atoms with E-state index in [1.165, 1.54) is 32.3 Å². The molecule has 0 aliphatic carbocycles. The number of nitro benzene ring substituents is 1. The van der Waals surface area contributed by atoms with E-state index in [9.17, 15) is 23.3 Å². The van der Waals surface area contributed by atoms with Gasteiger partial charge in [-0.1, -0.05) is 6.92 Å². The van der Waals surface area contributed by atoms with E-state index in [0.717, 1.165) is 16.4 Å². The molecule has 0 aliphatic rings. The Balaban J connectivity index is 2.58. The Morgan fingerprint density at radius 2 is 2.08 bits per heavy atom. The number of aliphatic carboxylic acids is 1. The summed E-state index contributed by atoms with van der Waals surface area (Å²) in [6.07, 6.45) is 1.34. The average molecular weight is 353 g/mol. The monoisotopic (exact) mass is 353 g/mol. The van der Waals surface area contributed by atoms with Crippen molar-refractivity contribution in [2.24, 2.45) is 5.92 Å². The number of benzene rings is 1. The fourth-order valence-corrected chi connectivity index (χ4v) is 3.63. The Labute approximate surface area is 137 Å². The number of aromatic nitrogens is 1. The molecule has 0 fully saturated rings. The van der Waals surface area contributed by atoms with Crippen LogP contribution < -0.4 is 0 Å². The second-order valence-electron chi connectivity index (χ2n) is 5.26. The van der Waals surface area contributed by atoms with Gasteiger partial charge in [0, 0.05) is 25.9 Å². The zero-order valence-corrected chi connectivity index (χ0v) is 13.7. The first-order valence-corrected chi connectivity index (χ1v) is 8.31. The largest absolute Gasteiger partial charge is 0.481 e. The normalized spacial score (nSPS) is 13.1. The van der Waals surface area contributed by atoms with Gasteiger partial charge in [0.05, 0.1) is 21.7 Å². The van der Waals surface area contributed by atoms with Crippen molar-refractivity contribution in [1.82, 2.24) is 9.29 Å². The predicted molar refractivity (Wildman–Crippen MR) is 85.0 cm³/mol. The van der Waals surface area contributed by atoms with Crippen LogP contribution in [-0.4, -0.2) is 47.3 Å². The number of non-ortho nitro benzene ring substituents is 1. The van der Waals surface area contributed by atoms with E-state index >= 15 is 0 Å². The van der Waals surface area contributed by atoms with E-state index in [1.54, 1.807) is 0 Å². The van der Waals surface area contributed by atoms with E-state index in [1.807, 2.05) is 0 Å². The van der Waals surface area contributed by atoms with E-state index in [4.69, 9.17) is 5.11 Å². The fourth-order valence-electron chi connectivity index (χ4n) is 2.23. The van der Waals surface area contributed by atoms with Gasteiger partial charge in [0.25, 0.3) is 5.69 Å². The lowest BCUT2D eigenvalue weighted by Crippen LogP contribution is -2.33. The first-order valence-electron chi connectivity index (χ1n) is 6.87. The number of carboxylic acid groups (broad SMARTS) is 1. The summed E-state index contributed by atoms with van der Waals surface area (Å²) in [6.45, 7) is 1.16. The second-order valence-corrected chi connectivity index (χ2v) is 7.28. The van der Waals surface area contributed by atoms with Crippen LogP contribution in [0.4, 0.5) is 5.69 Å². The molecular weight excluding hydrogens is 338 g/mol. The van der Waals surface area contributed by atoms with Crippen LogP contribution in [0, 0.1) is 16.0 Å². The molecule has 0 saturated carbocycles. The van der Waals surface area contributed by atoms with Crippen LogP contribution in [0.25, 0.3) is 10.9 Å². The minimum absolute atomic E-state index is 0.0264. The lowest BCUT2D eigenvalue weighted by atomic mass is 10.2. The number of nitrogens with zero attached hydrogens (tertiary/aromatic N) is 3. The van der Waals surface area contributed by atoms with Gasteiger partial charge < -0.3 is 5.11 Å². The molecule has 0 bridgehead atoms. The van der Waals surface area contributed by atoms with Crippen molar-refractivity contribution >= 4 is 32.6 Å². The molecule has 0 aliphatic heterocycles. The molecule has 1 aromatic heterocycles. The topological polar surface area (TPSA) is 131 Å². The standard InChI is InChI=1S/C14H15N3O6S/c1-9(14(18)19)8-16(2)24(22,23)12-6-5-11(17(20)21)10-4-3-7-15-13(10)12/h3-7,9H,8H2,1-2H3,(H,18,19). The van der Waals surface area contributed by atoms with Crippen LogP contribution in [0.3, 0.4) is 0 Å². The quantitative estimate of drug-likeness (QED) is 0.614. The lowest BCUT2D eigenvalue weighted by molar-refractivity contribution is -0.383. The molecule has 10 heteroatoms. The molecule has 0 spiro atoms. The van der Waals surface area contributed by atoms with Gasteiger partial charge in [-0.05, 0) is 18.2 Å². The zero-order chi connectivity index (χ0) is 18.1. The molecule has 128 valence electrons. The summed E-state index contributed by atoms with van der Waals surface area (Å²) in [6, 6.07) is 5.11. The summed E-state index contributed by atoms with van der Waals surface area (Å²) in [5, 5.41) is 20.1. The Hall–Kier alpha value is -2.59. The van der Waals surface area contributed by atoms with Gasteiger partial charge in [-0.15, -0.1) is 0 Å². The summed E-state index contributed by atoms with van der Waals surface area (Å²) in [5.74, 6) is -2.02. The minimum Gasteiger partial charge on any atom is -0.481 e. The van der Waals surface area contributed by atoms with Crippen LogP contribution in [-0.2, 0) is 14.8 Å². The third kappa shape index (κ3) is 3.19. The Morgan fingerprint density at radius 1 is 1.42 bits per heavy atom. The Bertz CT molecular complexity index is 912. The van der Waals surface area contributed by atoms with Gasteiger partial charge in [0.2, 0.25) is 10.0 Å². The molecule has 1 atom stereocenters. The number of hydrogen-bond donors (Lipinski definition) is 1. The first-order chi connectivity index (χ1) is 11.2. The summed E-state index contributed by atoms with van der Waals surface area (Å²) in [4.78, 5) is 25.1. The molecule has 1 aromatic carbocycles. The van der Waals surface area contributed by atoms with Crippen LogP contribution in [0.5, 0.6) is 0 Å². The van der Waals surface area contributed by atoms with E-state index in [0.29, 0.717) is 0 Å². The molecule has 1 N–H and O–H groups in total. The van der Waals surface area contributed by atoms with Gasteiger partial charge in [0.1, 0.15) is 4.90 Å². The number of rotatable bonds is 6. The minimum atomic E-state index is -4.05. The smallest absolute Gasteiger partial charge is 0.307 e. The number of pyridine rings is 1. The number of sulfonamides is 1. The number of carboxylic acids is 1. The van der Waals surface area contributed by atoms with Crippen molar-refractivity contribution in [3.05, 3.63) is 40.6 Å². The zero-order valence-electron chi connectivity index (χ0n) is 12.9. The van der Waals surface area contributed by atoms with Crippen molar-refractivity contribution in [1.29, 1.82) is 0 Å². The van der Waals surface area contributed by atoms with Crippen LogP contribution >= 0.6 is 0 Å². The number of carbonyl (C=O) groups is 1. The highest BCUT2D eigenvalue weighted by Crippen LogP contribution is 2.30. The number of hydrogen-bond acceptors (Lipinski definition) is 6. The lowest BCUT2D eigenvalue weighted by Gasteiger charge is -2.19. The first kappa shape index (κ1) is 17.8. The van der Waals surface area contributed by atoms with Crippen molar-refractivity contribution in [3.8, 4) is 0 Å². The highest BCUT2D eigenvalue weighted by molar-refractivity contribution is 7.89. The third-order valence-corrected chi connectivity index (χ3v) is 5.40. The van der Waals surface area contributed by atoms with E-state index < -0.39 is 26.8 Å². The number of fused-ring (bicyclic) bond motifs is 1. The molecule has 1 unspecified atom stereocenters. The number of nitro groups is 1. The van der Waals surface area contributed by atoms with Gasteiger partial charge >= 0.3 is 5.97 Å².